The number of carbonyl (C=O) groups is 1. The molecule has 0 bridgehead atoms. The van der Waals surface area contributed by atoms with Crippen LogP contribution in [-0.2, 0) is 23.8 Å². The second kappa shape index (κ2) is 6.77. The van der Waals surface area contributed by atoms with Crippen molar-refractivity contribution < 1.29 is 4.79 Å². The second-order valence-corrected chi connectivity index (χ2v) is 8.79. The fourth-order valence-electron chi connectivity index (χ4n) is 6.30. The molecule has 2 unspecified atom stereocenters. The van der Waals surface area contributed by atoms with E-state index in [0.717, 1.165) is 32.2 Å². The molecule has 3 heterocycles. The molecule has 5 rings (SSSR count). The lowest BCUT2D eigenvalue weighted by atomic mass is 9.62. The molecule has 27 heavy (non-hydrogen) atoms. The number of nitrogens with zero attached hydrogens (tertiary/aromatic N) is 2. The molecular formula is C24H34N2O. The van der Waals surface area contributed by atoms with E-state index in [-0.39, 0.29) is 11.5 Å². The Kier molecular flexibility index (Phi) is 4.70. The van der Waals surface area contributed by atoms with E-state index >= 15 is 0 Å². The van der Waals surface area contributed by atoms with Crippen LogP contribution in [0.1, 0.15) is 58.2 Å². The third-order valence-electron chi connectivity index (χ3n) is 7.66. The maximum Gasteiger partial charge on any atom is 0.136 e. The van der Waals surface area contributed by atoms with Crippen molar-refractivity contribution in [2.45, 2.75) is 58.9 Å². The van der Waals surface area contributed by atoms with Gasteiger partial charge in [0, 0.05) is 49.1 Å². The lowest BCUT2D eigenvalue weighted by Gasteiger charge is -2.55. The highest BCUT2D eigenvalue weighted by molar-refractivity contribution is 5.86. The zero-order valence-electron chi connectivity index (χ0n) is 17.6. The highest BCUT2D eigenvalue weighted by Crippen LogP contribution is 2.51. The van der Waals surface area contributed by atoms with Gasteiger partial charge >= 0.3 is 0 Å². The SMILES string of the molecule is CC.C[C@H]1C(=O)CCC2CN3CCc4c(n(C)c5ccccc45)[C@]3(C)CC21. The van der Waals surface area contributed by atoms with E-state index in [1.54, 1.807) is 5.56 Å². The van der Waals surface area contributed by atoms with Crippen molar-refractivity contribution in [2.75, 3.05) is 13.1 Å². The predicted molar refractivity (Wildman–Crippen MR) is 112 cm³/mol. The number of rotatable bonds is 0. The number of carbonyl (C=O) groups excluding carboxylic acids is 1. The zero-order chi connectivity index (χ0) is 19.3. The van der Waals surface area contributed by atoms with Crippen LogP contribution in [0, 0.1) is 17.8 Å². The third kappa shape index (κ3) is 2.61. The summed E-state index contributed by atoms with van der Waals surface area (Å²) in [6.07, 6.45) is 4.18. The molecule has 0 N–H and O–H groups in total. The van der Waals surface area contributed by atoms with Crippen molar-refractivity contribution in [3.8, 4) is 0 Å². The Morgan fingerprint density at radius 1 is 1.15 bits per heavy atom. The minimum Gasteiger partial charge on any atom is -0.346 e. The Labute approximate surface area is 163 Å². The Bertz CT molecular complexity index is 867. The average molecular weight is 367 g/mol. The van der Waals surface area contributed by atoms with Gasteiger partial charge in [0.15, 0.2) is 0 Å². The number of piperidine rings is 1. The molecule has 1 aromatic carbocycles. The van der Waals surface area contributed by atoms with Crippen molar-refractivity contribution in [2.24, 2.45) is 24.8 Å². The van der Waals surface area contributed by atoms with Crippen LogP contribution in [0.4, 0.5) is 0 Å². The van der Waals surface area contributed by atoms with E-state index < -0.39 is 0 Å². The summed E-state index contributed by atoms with van der Waals surface area (Å²) >= 11 is 0. The Morgan fingerprint density at radius 2 is 1.89 bits per heavy atom. The van der Waals surface area contributed by atoms with Crippen LogP contribution < -0.4 is 0 Å². The molecule has 3 aliphatic rings. The number of fused-ring (bicyclic) bond motifs is 6. The predicted octanol–water partition coefficient (Wildman–Crippen LogP) is 4.91. The van der Waals surface area contributed by atoms with E-state index in [1.807, 2.05) is 13.8 Å². The van der Waals surface area contributed by atoms with Crippen molar-refractivity contribution in [1.29, 1.82) is 0 Å². The normalized spacial score (nSPS) is 32.9. The summed E-state index contributed by atoms with van der Waals surface area (Å²) in [5.74, 6) is 1.98. The molecule has 1 saturated heterocycles. The monoisotopic (exact) mass is 366 g/mol. The van der Waals surface area contributed by atoms with E-state index in [4.69, 9.17) is 0 Å². The largest absolute Gasteiger partial charge is 0.346 e. The number of para-hydroxylation sites is 1. The van der Waals surface area contributed by atoms with Crippen LogP contribution in [0.25, 0.3) is 10.9 Å². The number of Topliss-reactive ketones (excluding diaryl/α,β-unsaturated/α-hetero) is 1. The quantitative estimate of drug-likeness (QED) is 0.662. The Hall–Kier alpha value is -1.61. The maximum atomic E-state index is 12.3. The first kappa shape index (κ1) is 18.7. The third-order valence-corrected chi connectivity index (χ3v) is 7.66. The molecule has 1 aromatic heterocycles. The highest BCUT2D eigenvalue weighted by Gasteiger charge is 2.51. The molecule has 3 nitrogen and oxygen atoms in total. The fourth-order valence-corrected chi connectivity index (χ4v) is 6.30. The molecule has 4 atom stereocenters. The fraction of sp³-hybridized carbons (Fsp3) is 0.625. The van der Waals surface area contributed by atoms with Crippen LogP contribution in [0.2, 0.25) is 0 Å². The number of ketones is 1. The highest BCUT2D eigenvalue weighted by atomic mass is 16.1. The second-order valence-electron chi connectivity index (χ2n) is 8.79. The van der Waals surface area contributed by atoms with Crippen LogP contribution in [0.3, 0.4) is 0 Å². The van der Waals surface area contributed by atoms with E-state index in [9.17, 15) is 4.79 Å². The summed E-state index contributed by atoms with van der Waals surface area (Å²) < 4.78 is 2.44. The molecule has 3 heteroatoms. The molecule has 0 radical (unpaired) electrons. The van der Waals surface area contributed by atoms with Gasteiger partial charge in [-0.1, -0.05) is 39.0 Å². The molecule has 0 amide bonds. The minimum absolute atomic E-state index is 0.0639. The van der Waals surface area contributed by atoms with Gasteiger partial charge in [-0.05, 0) is 49.7 Å². The van der Waals surface area contributed by atoms with Gasteiger partial charge in [0.2, 0.25) is 0 Å². The Balaban J connectivity index is 0.000000872. The molecule has 146 valence electrons. The van der Waals surface area contributed by atoms with Gasteiger partial charge in [0.05, 0.1) is 5.54 Å². The first-order valence-corrected chi connectivity index (χ1v) is 10.9. The van der Waals surface area contributed by atoms with Gasteiger partial charge in [-0.25, -0.2) is 0 Å². The van der Waals surface area contributed by atoms with E-state index in [0.29, 0.717) is 17.6 Å². The standard InChI is InChI=1S/C22H28N2O.C2H6/c1-14-18-12-22(2)21-17(16-6-4-5-7-19(16)23(21)3)10-11-24(22)13-15(18)8-9-20(14)25;1-2/h4-7,14-15,18H,8-13H2,1-3H3;1-2H3/t14-,15?,18?,22+;/m1./s1. The van der Waals surface area contributed by atoms with Crippen LogP contribution in [0.15, 0.2) is 24.3 Å². The van der Waals surface area contributed by atoms with Crippen LogP contribution in [0.5, 0.6) is 0 Å². The Morgan fingerprint density at radius 3 is 2.67 bits per heavy atom. The van der Waals surface area contributed by atoms with Gasteiger partial charge in [-0.3, -0.25) is 9.69 Å². The van der Waals surface area contributed by atoms with Crippen molar-refractivity contribution in [3.63, 3.8) is 0 Å². The summed E-state index contributed by atoms with van der Waals surface area (Å²) in [5.41, 5.74) is 4.47. The van der Waals surface area contributed by atoms with Gasteiger partial charge in [0.25, 0.3) is 0 Å². The summed E-state index contributed by atoms with van der Waals surface area (Å²) in [7, 11) is 2.23. The smallest absolute Gasteiger partial charge is 0.136 e. The summed E-state index contributed by atoms with van der Waals surface area (Å²) in [6.45, 7) is 10.9. The number of benzene rings is 1. The number of hydrogen-bond acceptors (Lipinski definition) is 2. The summed E-state index contributed by atoms with van der Waals surface area (Å²) in [6, 6.07) is 8.84. The van der Waals surface area contributed by atoms with Gasteiger partial charge < -0.3 is 4.57 Å². The number of aromatic nitrogens is 1. The van der Waals surface area contributed by atoms with E-state index in [1.165, 1.54) is 23.1 Å². The number of aryl methyl sites for hydroxylation is 1. The molecule has 2 fully saturated rings. The topological polar surface area (TPSA) is 25.2 Å². The lowest BCUT2D eigenvalue weighted by molar-refractivity contribution is -0.133. The molecular weight excluding hydrogens is 332 g/mol. The maximum absolute atomic E-state index is 12.3. The molecule has 1 saturated carbocycles. The van der Waals surface area contributed by atoms with Crippen molar-refractivity contribution >= 4 is 16.7 Å². The van der Waals surface area contributed by atoms with Gasteiger partial charge in [0.1, 0.15) is 5.78 Å². The lowest BCUT2D eigenvalue weighted by Crippen LogP contribution is -2.59. The van der Waals surface area contributed by atoms with Gasteiger partial charge in [-0.2, -0.15) is 0 Å². The van der Waals surface area contributed by atoms with Crippen molar-refractivity contribution in [3.05, 3.63) is 35.5 Å². The number of hydrogen-bond donors (Lipinski definition) is 0. The first-order chi connectivity index (χ1) is 13.0. The van der Waals surface area contributed by atoms with Crippen LogP contribution in [-0.4, -0.2) is 28.3 Å². The summed E-state index contributed by atoms with van der Waals surface area (Å²) in [4.78, 5) is 15.1. The average Bonchev–Trinajstić information content (AvgIpc) is 2.99. The molecule has 2 aliphatic heterocycles. The van der Waals surface area contributed by atoms with Crippen molar-refractivity contribution in [1.82, 2.24) is 9.47 Å². The van der Waals surface area contributed by atoms with Crippen LogP contribution >= 0.6 is 0 Å². The molecule has 1 aliphatic carbocycles. The van der Waals surface area contributed by atoms with Gasteiger partial charge in [-0.15, -0.1) is 0 Å². The molecule has 2 aromatic rings. The summed E-state index contributed by atoms with van der Waals surface area (Å²) in [5, 5.41) is 1.43. The first-order valence-electron chi connectivity index (χ1n) is 10.9. The molecule has 0 spiro atoms. The minimum atomic E-state index is 0.0639. The zero-order valence-corrected chi connectivity index (χ0v) is 17.6. The van der Waals surface area contributed by atoms with E-state index in [2.05, 4.69) is 54.6 Å².